The smallest absolute Gasteiger partial charge is 0.206 e. The van der Waals surface area contributed by atoms with Crippen molar-refractivity contribution in [2.45, 2.75) is 57.8 Å². The minimum atomic E-state index is -2.14. The van der Waals surface area contributed by atoms with Crippen LogP contribution in [0.1, 0.15) is 62.5 Å². The Bertz CT molecular complexity index is 464. The highest BCUT2D eigenvalue weighted by atomic mass is 19.3. The summed E-state index contributed by atoms with van der Waals surface area (Å²) >= 11 is 0. The van der Waals surface area contributed by atoms with Crippen LogP contribution < -0.4 is 0 Å². The van der Waals surface area contributed by atoms with Crippen LogP contribution in [-0.4, -0.2) is 0 Å². The molecule has 0 amide bonds. The van der Waals surface area contributed by atoms with Crippen LogP contribution in [0.3, 0.4) is 0 Å². The highest BCUT2D eigenvalue weighted by Gasteiger charge is 2.27. The van der Waals surface area contributed by atoms with Crippen LogP contribution in [0.4, 0.5) is 13.2 Å². The Balaban J connectivity index is 1.91. The zero-order valence-electron chi connectivity index (χ0n) is 12.5. The largest absolute Gasteiger partial charge is 0.301 e. The van der Waals surface area contributed by atoms with Crippen LogP contribution >= 0.6 is 0 Å². The van der Waals surface area contributed by atoms with Gasteiger partial charge in [-0.15, -0.1) is 0 Å². The Hall–Kier alpha value is -1.25. The molecule has 0 spiro atoms. The van der Waals surface area contributed by atoms with Crippen molar-refractivity contribution in [3.63, 3.8) is 0 Å². The Morgan fingerprint density at radius 2 is 1.62 bits per heavy atom. The quantitative estimate of drug-likeness (QED) is 0.591. The number of benzene rings is 1. The summed E-state index contributed by atoms with van der Waals surface area (Å²) in [6.45, 7) is 2.18. The van der Waals surface area contributed by atoms with E-state index in [0.29, 0.717) is 18.8 Å². The van der Waals surface area contributed by atoms with Crippen molar-refractivity contribution in [3.05, 3.63) is 47.3 Å². The molecule has 1 fully saturated rings. The van der Waals surface area contributed by atoms with E-state index in [1.54, 1.807) is 0 Å². The molecule has 21 heavy (non-hydrogen) atoms. The van der Waals surface area contributed by atoms with Crippen LogP contribution in [0.5, 0.6) is 0 Å². The molecule has 116 valence electrons. The molecular weight excluding hydrogens is 273 g/mol. The summed E-state index contributed by atoms with van der Waals surface area (Å²) in [5.74, 6) is -1.38. The van der Waals surface area contributed by atoms with Crippen molar-refractivity contribution in [2.24, 2.45) is 5.92 Å². The van der Waals surface area contributed by atoms with E-state index in [2.05, 4.69) is 31.2 Å². The van der Waals surface area contributed by atoms with E-state index in [4.69, 9.17) is 0 Å². The minimum Gasteiger partial charge on any atom is -0.206 e. The number of aryl methyl sites for hydroxylation is 1. The Morgan fingerprint density at radius 3 is 2.14 bits per heavy atom. The van der Waals surface area contributed by atoms with E-state index >= 15 is 0 Å². The maximum Gasteiger partial charge on any atom is 0.301 e. The number of allylic oxidation sites excluding steroid dienone is 1. The molecule has 1 aliphatic carbocycles. The second-order valence-electron chi connectivity index (χ2n) is 6.00. The highest BCUT2D eigenvalue weighted by molar-refractivity contribution is 5.26. The van der Waals surface area contributed by atoms with Crippen LogP contribution in [-0.2, 0) is 6.42 Å². The Morgan fingerprint density at radius 1 is 1.00 bits per heavy atom. The normalized spacial score (nSPS) is 22.1. The maximum absolute atomic E-state index is 13.2. The average Bonchev–Trinajstić information content (AvgIpc) is 2.53. The fourth-order valence-corrected chi connectivity index (χ4v) is 3.17. The SMILES string of the molecule is CCCCc1ccc(C2CCC(C(F)=C(F)F)CC2)cc1. The molecular formula is C18H23F3. The summed E-state index contributed by atoms with van der Waals surface area (Å²) in [6.07, 6.45) is 3.98. The second kappa shape index (κ2) is 7.67. The molecule has 0 aromatic heterocycles. The third-order valence-electron chi connectivity index (χ3n) is 4.54. The molecule has 0 nitrogen and oxygen atoms in total. The summed E-state index contributed by atoms with van der Waals surface area (Å²) in [5, 5.41) is 0. The molecule has 1 aliphatic rings. The molecule has 0 saturated heterocycles. The van der Waals surface area contributed by atoms with Crippen LogP contribution in [0, 0.1) is 5.92 Å². The summed E-state index contributed by atoms with van der Waals surface area (Å²) in [4.78, 5) is 0. The molecule has 0 N–H and O–H groups in total. The Labute approximate surface area is 125 Å². The van der Waals surface area contributed by atoms with Crippen molar-refractivity contribution in [2.75, 3.05) is 0 Å². The highest BCUT2D eigenvalue weighted by Crippen LogP contribution is 2.40. The number of hydrogen-bond donors (Lipinski definition) is 0. The van der Waals surface area contributed by atoms with E-state index in [1.807, 2.05) is 0 Å². The zero-order valence-corrected chi connectivity index (χ0v) is 12.5. The minimum absolute atomic E-state index is 0.386. The lowest BCUT2D eigenvalue weighted by atomic mass is 9.78. The summed E-state index contributed by atoms with van der Waals surface area (Å²) in [5.41, 5.74) is 2.61. The van der Waals surface area contributed by atoms with Gasteiger partial charge in [-0.2, -0.15) is 8.78 Å². The number of unbranched alkanes of at least 4 members (excludes halogenated alkanes) is 1. The van der Waals surface area contributed by atoms with Crippen LogP contribution in [0.25, 0.3) is 0 Å². The van der Waals surface area contributed by atoms with Gasteiger partial charge in [-0.25, -0.2) is 4.39 Å². The molecule has 0 heterocycles. The van der Waals surface area contributed by atoms with Gasteiger partial charge < -0.3 is 0 Å². The van der Waals surface area contributed by atoms with E-state index in [9.17, 15) is 13.2 Å². The average molecular weight is 296 g/mol. The summed E-state index contributed by atoms with van der Waals surface area (Å²) in [6, 6.07) is 8.63. The number of hydrogen-bond acceptors (Lipinski definition) is 0. The monoisotopic (exact) mass is 296 g/mol. The van der Waals surface area contributed by atoms with Crippen molar-refractivity contribution in [1.29, 1.82) is 0 Å². The van der Waals surface area contributed by atoms with Gasteiger partial charge in [0, 0.05) is 5.92 Å². The van der Waals surface area contributed by atoms with Crippen molar-refractivity contribution in [3.8, 4) is 0 Å². The van der Waals surface area contributed by atoms with Crippen LogP contribution in [0.15, 0.2) is 36.2 Å². The summed E-state index contributed by atoms with van der Waals surface area (Å²) in [7, 11) is 0. The molecule has 0 atom stereocenters. The standard InChI is InChI=1S/C18H23F3/c1-2-3-4-13-5-7-14(8-6-13)15-9-11-16(12-10-15)17(19)18(20)21/h5-8,15-16H,2-4,9-12H2,1H3. The third kappa shape index (κ3) is 4.36. The maximum atomic E-state index is 13.2. The van der Waals surface area contributed by atoms with Gasteiger partial charge >= 0.3 is 6.08 Å². The predicted octanol–water partition coefficient (Wildman–Crippen LogP) is 6.38. The first kappa shape index (κ1) is 16.1. The van der Waals surface area contributed by atoms with E-state index in [0.717, 1.165) is 19.3 Å². The van der Waals surface area contributed by atoms with Gasteiger partial charge in [0.05, 0.1) is 0 Å². The van der Waals surface area contributed by atoms with E-state index in [1.165, 1.54) is 24.0 Å². The van der Waals surface area contributed by atoms with Gasteiger partial charge in [-0.3, -0.25) is 0 Å². The van der Waals surface area contributed by atoms with Gasteiger partial charge in [0.2, 0.25) is 0 Å². The molecule has 1 saturated carbocycles. The van der Waals surface area contributed by atoms with Gasteiger partial charge in [-0.1, -0.05) is 37.6 Å². The van der Waals surface area contributed by atoms with Crippen molar-refractivity contribution >= 4 is 0 Å². The van der Waals surface area contributed by atoms with Crippen LogP contribution in [0.2, 0.25) is 0 Å². The summed E-state index contributed by atoms with van der Waals surface area (Å²) < 4.78 is 37.8. The van der Waals surface area contributed by atoms with E-state index in [-0.39, 0.29) is 0 Å². The van der Waals surface area contributed by atoms with Gasteiger partial charge in [-0.05, 0) is 55.6 Å². The van der Waals surface area contributed by atoms with Gasteiger partial charge in [0.15, 0.2) is 5.83 Å². The first-order valence-corrected chi connectivity index (χ1v) is 7.91. The zero-order chi connectivity index (χ0) is 15.2. The molecule has 3 heteroatoms. The molecule has 0 radical (unpaired) electrons. The second-order valence-corrected chi connectivity index (χ2v) is 6.00. The van der Waals surface area contributed by atoms with Gasteiger partial charge in [0.1, 0.15) is 0 Å². The third-order valence-corrected chi connectivity index (χ3v) is 4.54. The number of rotatable bonds is 5. The molecule has 0 unspecified atom stereocenters. The first-order valence-electron chi connectivity index (χ1n) is 7.91. The first-order chi connectivity index (χ1) is 10.1. The predicted molar refractivity (Wildman–Crippen MR) is 80.1 cm³/mol. The topological polar surface area (TPSA) is 0 Å². The molecule has 0 bridgehead atoms. The van der Waals surface area contributed by atoms with Crippen molar-refractivity contribution in [1.82, 2.24) is 0 Å². The fraction of sp³-hybridized carbons (Fsp3) is 0.556. The fourth-order valence-electron chi connectivity index (χ4n) is 3.17. The molecule has 0 aliphatic heterocycles. The molecule has 1 aromatic carbocycles. The lowest BCUT2D eigenvalue weighted by molar-refractivity contribution is 0.281. The number of halogens is 3. The molecule has 2 rings (SSSR count). The Kier molecular flexibility index (Phi) is 5.89. The van der Waals surface area contributed by atoms with Gasteiger partial charge in [0.25, 0.3) is 0 Å². The lowest BCUT2D eigenvalue weighted by Crippen LogP contribution is -2.14. The lowest BCUT2D eigenvalue weighted by Gasteiger charge is -2.27. The van der Waals surface area contributed by atoms with E-state index < -0.39 is 17.8 Å². The van der Waals surface area contributed by atoms with Crippen molar-refractivity contribution < 1.29 is 13.2 Å². The molecule has 1 aromatic rings.